The Hall–Kier alpha value is -1.99. The molecule has 3 aliphatic heterocycles. The van der Waals surface area contributed by atoms with Crippen LogP contribution in [0.3, 0.4) is 0 Å². The van der Waals surface area contributed by atoms with Crippen LogP contribution in [0.1, 0.15) is 77.2 Å². The Bertz CT molecular complexity index is 1770. The quantitative estimate of drug-likeness (QED) is 0.116. The van der Waals surface area contributed by atoms with Gasteiger partial charge in [-0.15, -0.1) is 0 Å². The predicted molar refractivity (Wildman–Crippen MR) is 205 cm³/mol. The van der Waals surface area contributed by atoms with Gasteiger partial charge in [0, 0.05) is 23.8 Å². The number of aliphatic hydroxyl groups is 11. The average molecular weight is 871 g/mol. The number of allylic oxidation sites excluding steroid dienone is 1. The molecule has 0 radical (unpaired) electrons. The topological polar surface area (TPSA) is 308 Å². The van der Waals surface area contributed by atoms with Gasteiger partial charge in [0.25, 0.3) is 0 Å². The summed E-state index contributed by atoms with van der Waals surface area (Å²) in [7, 11) is 0. The third-order valence-corrected chi connectivity index (χ3v) is 15.7. The molecule has 3 saturated carbocycles. The standard InChI is InChI=1S/C42H62O19/c1-17-28(47)29(48)32(51)37(56-17)60-35-25(15-44)59-39(34(53)31(35)50)61-36-24(14-43)58-38(33(52)30(36)49)57-20-8-10-40(2)19(12-20)5-6-22-21(40)9-11-41(3)27(23(45)13-42(22,41)54)18-4-7-26(46)55-16-18/h4,7,12,16-17,20-25,27-39,43-45,47-54H,5-6,8-11,13-15H2,1-3H3. The number of ether oxygens (including phenoxy) is 6. The molecule has 344 valence electrons. The van der Waals surface area contributed by atoms with E-state index >= 15 is 0 Å². The van der Waals surface area contributed by atoms with Gasteiger partial charge in [0.1, 0.15) is 67.1 Å². The highest BCUT2D eigenvalue weighted by molar-refractivity contribution is 5.32. The maximum Gasteiger partial charge on any atom is 0.335 e. The summed E-state index contributed by atoms with van der Waals surface area (Å²) < 4.78 is 40.0. The summed E-state index contributed by atoms with van der Waals surface area (Å²) in [6.07, 6.45) is -17.2. The van der Waals surface area contributed by atoms with Crippen LogP contribution in [0.5, 0.6) is 0 Å². The van der Waals surface area contributed by atoms with Crippen molar-refractivity contribution in [1.29, 1.82) is 0 Å². The largest absolute Gasteiger partial charge is 0.431 e. The van der Waals surface area contributed by atoms with E-state index in [0.29, 0.717) is 37.7 Å². The van der Waals surface area contributed by atoms with Gasteiger partial charge in [-0.1, -0.05) is 25.5 Å². The Morgan fingerprint density at radius 2 is 1.30 bits per heavy atom. The maximum absolute atomic E-state index is 12.6. The number of hydrogen-bond donors (Lipinski definition) is 11. The van der Waals surface area contributed by atoms with E-state index in [0.717, 1.165) is 12.0 Å². The van der Waals surface area contributed by atoms with Gasteiger partial charge < -0.3 is 89.0 Å². The smallest absolute Gasteiger partial charge is 0.335 e. The molecule has 0 aromatic carbocycles. The summed E-state index contributed by atoms with van der Waals surface area (Å²) in [6, 6.07) is 3.02. The lowest BCUT2D eigenvalue weighted by Gasteiger charge is -2.61. The van der Waals surface area contributed by atoms with Crippen molar-refractivity contribution in [3.63, 3.8) is 0 Å². The van der Waals surface area contributed by atoms with Crippen LogP contribution in [0.2, 0.25) is 0 Å². The zero-order valence-corrected chi connectivity index (χ0v) is 34.4. The molecule has 6 fully saturated rings. The second kappa shape index (κ2) is 17.1. The Morgan fingerprint density at radius 3 is 1.89 bits per heavy atom. The predicted octanol–water partition coefficient (Wildman–Crippen LogP) is -2.37. The lowest BCUT2D eigenvalue weighted by atomic mass is 9.45. The fourth-order valence-electron chi connectivity index (χ4n) is 12.2. The van der Waals surface area contributed by atoms with Gasteiger partial charge in [-0.25, -0.2) is 4.79 Å². The molecule has 11 N–H and O–H groups in total. The van der Waals surface area contributed by atoms with Gasteiger partial charge in [-0.2, -0.15) is 0 Å². The minimum atomic E-state index is -1.90. The number of fused-ring (bicyclic) bond motifs is 5. The van der Waals surface area contributed by atoms with E-state index in [1.165, 1.54) is 19.3 Å². The Morgan fingerprint density at radius 1 is 0.705 bits per heavy atom. The van der Waals surface area contributed by atoms with Crippen LogP contribution in [0, 0.1) is 22.7 Å². The summed E-state index contributed by atoms with van der Waals surface area (Å²) >= 11 is 0. The highest BCUT2D eigenvalue weighted by atomic mass is 16.8. The molecule has 4 aliphatic carbocycles. The molecule has 1 aromatic rings. The SMILES string of the molecule is CC1OC(OC2C(CO)OC(OC3C(CO)OC(OC4C=C5CCC6C(CCC7(C)C(c8ccc(=O)oc8)C(O)CC67O)C5(C)CC4)C(O)C3O)C(O)C2O)C(O)C(O)C1O. The minimum absolute atomic E-state index is 0.0902. The molecular formula is C42H62O19. The van der Waals surface area contributed by atoms with Gasteiger partial charge >= 0.3 is 5.63 Å². The van der Waals surface area contributed by atoms with E-state index in [9.17, 15) is 61.0 Å². The lowest BCUT2D eigenvalue weighted by Crippen LogP contribution is -2.66. The Balaban J connectivity index is 0.910. The zero-order valence-electron chi connectivity index (χ0n) is 34.4. The molecule has 19 nitrogen and oxygen atoms in total. The molecule has 0 bridgehead atoms. The molecule has 0 amide bonds. The van der Waals surface area contributed by atoms with E-state index in [-0.39, 0.29) is 23.7 Å². The molecule has 1 aromatic heterocycles. The first-order valence-corrected chi connectivity index (χ1v) is 21.5. The van der Waals surface area contributed by atoms with Gasteiger partial charge in [0.2, 0.25) is 0 Å². The van der Waals surface area contributed by atoms with Crippen LogP contribution in [-0.2, 0) is 28.4 Å². The molecule has 19 heteroatoms. The van der Waals surface area contributed by atoms with E-state index in [2.05, 4.69) is 6.92 Å². The fraction of sp³-hybridized carbons (Fsp3) is 0.833. The van der Waals surface area contributed by atoms with Crippen LogP contribution in [0.15, 0.2) is 39.3 Å². The summed E-state index contributed by atoms with van der Waals surface area (Å²) in [4.78, 5) is 11.7. The van der Waals surface area contributed by atoms with Crippen LogP contribution in [-0.4, -0.2) is 179 Å². The van der Waals surface area contributed by atoms with Crippen molar-refractivity contribution in [3.8, 4) is 0 Å². The second-order valence-corrected chi connectivity index (χ2v) is 18.9. The van der Waals surface area contributed by atoms with Crippen molar-refractivity contribution in [3.05, 3.63) is 46.0 Å². The normalized spacial score (nSPS) is 52.5. The lowest BCUT2D eigenvalue weighted by molar-refractivity contribution is -0.379. The number of rotatable bonds is 9. The minimum Gasteiger partial charge on any atom is -0.431 e. The number of hydrogen-bond acceptors (Lipinski definition) is 19. The molecule has 0 spiro atoms. The van der Waals surface area contributed by atoms with Crippen molar-refractivity contribution in [2.75, 3.05) is 13.2 Å². The van der Waals surface area contributed by atoms with Crippen molar-refractivity contribution in [2.45, 2.75) is 182 Å². The summed E-state index contributed by atoms with van der Waals surface area (Å²) in [5.41, 5.74) is -0.709. The molecule has 4 heterocycles. The Labute approximate surface area is 352 Å². The summed E-state index contributed by atoms with van der Waals surface area (Å²) in [5.74, 6) is -0.372. The first-order chi connectivity index (χ1) is 28.9. The van der Waals surface area contributed by atoms with E-state index in [1.807, 2.05) is 13.0 Å². The number of aliphatic hydroxyl groups excluding tert-OH is 10. The fourth-order valence-corrected chi connectivity index (χ4v) is 12.2. The highest BCUT2D eigenvalue weighted by Gasteiger charge is 2.69. The van der Waals surface area contributed by atoms with Gasteiger partial charge in [0.15, 0.2) is 18.9 Å². The second-order valence-electron chi connectivity index (χ2n) is 18.9. The van der Waals surface area contributed by atoms with Gasteiger partial charge in [-0.05, 0) is 74.3 Å². The van der Waals surface area contributed by atoms with Crippen molar-refractivity contribution in [1.82, 2.24) is 0 Å². The molecule has 23 unspecified atom stereocenters. The van der Waals surface area contributed by atoms with Crippen LogP contribution in [0.25, 0.3) is 0 Å². The van der Waals surface area contributed by atoms with E-state index < -0.39 is 140 Å². The van der Waals surface area contributed by atoms with Crippen LogP contribution in [0.4, 0.5) is 0 Å². The molecule has 3 saturated heterocycles. The molecule has 8 rings (SSSR count). The highest BCUT2D eigenvalue weighted by Crippen LogP contribution is 2.70. The third kappa shape index (κ3) is 7.57. The third-order valence-electron chi connectivity index (χ3n) is 15.7. The van der Waals surface area contributed by atoms with Gasteiger partial charge in [0.05, 0.1) is 43.4 Å². The average Bonchev–Trinajstić information content (AvgIpc) is 3.45. The molecule has 7 aliphatic rings. The summed E-state index contributed by atoms with van der Waals surface area (Å²) in [5, 5.41) is 120. The maximum atomic E-state index is 12.6. The van der Waals surface area contributed by atoms with E-state index in [4.69, 9.17) is 32.8 Å². The van der Waals surface area contributed by atoms with Crippen molar-refractivity contribution in [2.24, 2.45) is 22.7 Å². The first-order valence-electron chi connectivity index (χ1n) is 21.5. The first kappa shape index (κ1) is 45.6. The van der Waals surface area contributed by atoms with E-state index in [1.54, 1.807) is 6.07 Å². The van der Waals surface area contributed by atoms with Gasteiger partial charge in [-0.3, -0.25) is 0 Å². The zero-order chi connectivity index (χ0) is 43.9. The summed E-state index contributed by atoms with van der Waals surface area (Å²) in [6.45, 7) is 4.16. The molecule has 23 atom stereocenters. The molecule has 61 heavy (non-hydrogen) atoms. The van der Waals surface area contributed by atoms with Crippen molar-refractivity contribution >= 4 is 0 Å². The van der Waals surface area contributed by atoms with Crippen molar-refractivity contribution < 1.29 is 89.0 Å². The monoisotopic (exact) mass is 870 g/mol. The Kier molecular flexibility index (Phi) is 12.8. The van der Waals surface area contributed by atoms with Crippen LogP contribution >= 0.6 is 0 Å². The molecular weight excluding hydrogens is 808 g/mol. The van der Waals surface area contributed by atoms with Crippen LogP contribution < -0.4 is 5.63 Å².